The van der Waals surface area contributed by atoms with Crippen molar-refractivity contribution in [2.75, 3.05) is 19.7 Å². The van der Waals surface area contributed by atoms with Crippen molar-refractivity contribution in [3.8, 4) is 5.75 Å². The molecule has 2 saturated carbocycles. The molecule has 0 aliphatic heterocycles. The van der Waals surface area contributed by atoms with E-state index < -0.39 is 5.97 Å². The maximum atomic E-state index is 11.1. The van der Waals surface area contributed by atoms with Gasteiger partial charge in [-0.05, 0) is 62.1 Å². The molecule has 0 aromatic heterocycles. The normalized spacial score (nSPS) is 18.0. The monoisotopic (exact) mass is 289 g/mol. The molecule has 2 aliphatic carbocycles. The van der Waals surface area contributed by atoms with Gasteiger partial charge in [0, 0.05) is 6.54 Å². The number of para-hydroxylation sites is 1. The van der Waals surface area contributed by atoms with E-state index in [0.717, 1.165) is 30.8 Å². The molecule has 1 aromatic carbocycles. The highest BCUT2D eigenvalue weighted by Gasteiger charge is 2.40. The van der Waals surface area contributed by atoms with Gasteiger partial charge in [0.15, 0.2) is 0 Å². The molecule has 114 valence electrons. The Balaban J connectivity index is 1.39. The molecule has 0 spiro atoms. The van der Waals surface area contributed by atoms with Crippen LogP contribution in [0.3, 0.4) is 0 Å². The predicted octanol–water partition coefficient (Wildman–Crippen LogP) is 2.79. The second kappa shape index (κ2) is 6.48. The second-order valence-corrected chi connectivity index (χ2v) is 6.19. The number of carboxylic acids is 1. The van der Waals surface area contributed by atoms with Crippen LogP contribution in [0.4, 0.5) is 0 Å². The summed E-state index contributed by atoms with van der Waals surface area (Å²) in [6, 6.07) is 6.79. The Kier molecular flexibility index (Phi) is 4.44. The molecule has 0 amide bonds. The molecule has 0 heterocycles. The summed E-state index contributed by atoms with van der Waals surface area (Å²) in [6.07, 6.45) is 5.63. The van der Waals surface area contributed by atoms with Crippen molar-refractivity contribution in [2.24, 2.45) is 17.8 Å². The fraction of sp³-hybridized carbons (Fsp3) is 0.588. The van der Waals surface area contributed by atoms with Crippen molar-refractivity contribution in [3.63, 3.8) is 0 Å². The van der Waals surface area contributed by atoms with Crippen molar-refractivity contribution >= 4 is 5.97 Å². The highest BCUT2D eigenvalue weighted by Crippen LogP contribution is 2.48. The van der Waals surface area contributed by atoms with Crippen molar-refractivity contribution in [3.05, 3.63) is 29.8 Å². The first kappa shape index (κ1) is 14.4. The smallest absolute Gasteiger partial charge is 0.339 e. The molecule has 0 atom stereocenters. The Morgan fingerprint density at radius 2 is 1.90 bits per heavy atom. The molecule has 2 N–H and O–H groups in total. The minimum absolute atomic E-state index is 0.228. The summed E-state index contributed by atoms with van der Waals surface area (Å²) in [5, 5.41) is 12.6. The van der Waals surface area contributed by atoms with E-state index in [2.05, 4.69) is 5.32 Å². The van der Waals surface area contributed by atoms with Gasteiger partial charge in [0.2, 0.25) is 0 Å². The Hall–Kier alpha value is -1.55. The highest BCUT2D eigenvalue weighted by atomic mass is 16.5. The van der Waals surface area contributed by atoms with Gasteiger partial charge in [-0.1, -0.05) is 12.1 Å². The zero-order valence-electron chi connectivity index (χ0n) is 12.3. The number of carboxylic acid groups (broad SMARTS) is 1. The van der Waals surface area contributed by atoms with E-state index in [1.807, 2.05) is 0 Å². The summed E-state index contributed by atoms with van der Waals surface area (Å²) >= 11 is 0. The van der Waals surface area contributed by atoms with Gasteiger partial charge in [-0.2, -0.15) is 0 Å². The molecule has 1 aromatic rings. The largest absolute Gasteiger partial charge is 0.491 e. The number of rotatable bonds is 9. The Labute approximate surface area is 125 Å². The molecule has 0 bridgehead atoms. The van der Waals surface area contributed by atoms with Crippen LogP contribution in [0, 0.1) is 17.8 Å². The minimum Gasteiger partial charge on any atom is -0.491 e. The fourth-order valence-corrected chi connectivity index (χ4v) is 3.04. The number of hydrogen-bond donors (Lipinski definition) is 2. The van der Waals surface area contributed by atoms with Gasteiger partial charge in [0.25, 0.3) is 0 Å². The maximum Gasteiger partial charge on any atom is 0.339 e. The van der Waals surface area contributed by atoms with Gasteiger partial charge in [-0.25, -0.2) is 4.79 Å². The zero-order chi connectivity index (χ0) is 14.7. The van der Waals surface area contributed by atoms with Crippen molar-refractivity contribution in [2.45, 2.75) is 25.7 Å². The molecule has 3 rings (SSSR count). The van der Waals surface area contributed by atoms with E-state index in [0.29, 0.717) is 12.4 Å². The molecule has 0 radical (unpaired) electrons. The lowest BCUT2D eigenvalue weighted by molar-refractivity contribution is 0.0692. The van der Waals surface area contributed by atoms with Crippen LogP contribution in [0.15, 0.2) is 24.3 Å². The Morgan fingerprint density at radius 3 is 2.52 bits per heavy atom. The third kappa shape index (κ3) is 3.97. The number of nitrogens with one attached hydrogen (secondary N) is 1. The Bertz CT molecular complexity index is 483. The van der Waals surface area contributed by atoms with Crippen LogP contribution in [0.25, 0.3) is 0 Å². The van der Waals surface area contributed by atoms with Crippen LogP contribution in [-0.4, -0.2) is 30.8 Å². The molecule has 4 heteroatoms. The van der Waals surface area contributed by atoms with Crippen LogP contribution in [0.2, 0.25) is 0 Å². The topological polar surface area (TPSA) is 58.6 Å². The van der Waals surface area contributed by atoms with Crippen molar-refractivity contribution < 1.29 is 14.6 Å². The van der Waals surface area contributed by atoms with Crippen LogP contribution in [-0.2, 0) is 0 Å². The van der Waals surface area contributed by atoms with E-state index in [-0.39, 0.29) is 5.56 Å². The third-order valence-corrected chi connectivity index (χ3v) is 4.49. The standard InChI is InChI=1S/C17H23NO3/c19-17(20)14-3-1-2-4-16(14)21-10-9-18-11-15(12-5-6-12)13-7-8-13/h1-4,12-13,15,18H,5-11H2,(H,19,20). The summed E-state index contributed by atoms with van der Waals surface area (Å²) < 4.78 is 5.59. The van der Waals surface area contributed by atoms with E-state index in [9.17, 15) is 4.79 Å². The zero-order valence-corrected chi connectivity index (χ0v) is 12.3. The quantitative estimate of drug-likeness (QED) is 0.686. The van der Waals surface area contributed by atoms with E-state index in [1.54, 1.807) is 24.3 Å². The molecule has 21 heavy (non-hydrogen) atoms. The van der Waals surface area contributed by atoms with Gasteiger partial charge >= 0.3 is 5.97 Å². The first-order valence-corrected chi connectivity index (χ1v) is 7.91. The van der Waals surface area contributed by atoms with Crippen LogP contribution >= 0.6 is 0 Å². The van der Waals surface area contributed by atoms with Gasteiger partial charge in [-0.3, -0.25) is 0 Å². The average molecular weight is 289 g/mol. The van der Waals surface area contributed by atoms with Gasteiger partial charge in [-0.15, -0.1) is 0 Å². The maximum absolute atomic E-state index is 11.1. The number of ether oxygens (including phenoxy) is 1. The first-order valence-electron chi connectivity index (χ1n) is 7.91. The molecular weight excluding hydrogens is 266 g/mol. The summed E-state index contributed by atoms with van der Waals surface area (Å²) in [7, 11) is 0. The summed E-state index contributed by atoms with van der Waals surface area (Å²) in [5.74, 6) is 2.28. The molecule has 0 saturated heterocycles. The molecular formula is C17H23NO3. The fourth-order valence-electron chi connectivity index (χ4n) is 3.04. The van der Waals surface area contributed by atoms with E-state index in [1.165, 1.54) is 25.7 Å². The van der Waals surface area contributed by atoms with Crippen LogP contribution in [0.5, 0.6) is 5.75 Å². The van der Waals surface area contributed by atoms with Gasteiger partial charge in [0.1, 0.15) is 17.9 Å². The average Bonchev–Trinajstić information content (AvgIpc) is 3.37. The Morgan fingerprint density at radius 1 is 1.24 bits per heavy atom. The SMILES string of the molecule is O=C(O)c1ccccc1OCCNCC(C1CC1)C1CC1. The predicted molar refractivity (Wildman–Crippen MR) is 80.7 cm³/mol. The van der Waals surface area contributed by atoms with E-state index >= 15 is 0 Å². The lowest BCUT2D eigenvalue weighted by atomic mass is 9.98. The number of carbonyl (C=O) groups is 1. The van der Waals surface area contributed by atoms with E-state index in [4.69, 9.17) is 9.84 Å². The summed E-state index contributed by atoms with van der Waals surface area (Å²) in [5.41, 5.74) is 0.228. The van der Waals surface area contributed by atoms with Gasteiger partial charge in [0.05, 0.1) is 0 Å². The van der Waals surface area contributed by atoms with Crippen molar-refractivity contribution in [1.29, 1.82) is 0 Å². The lowest BCUT2D eigenvalue weighted by Crippen LogP contribution is -2.29. The summed E-state index contributed by atoms with van der Waals surface area (Å²) in [6.45, 7) is 2.36. The summed E-state index contributed by atoms with van der Waals surface area (Å²) in [4.78, 5) is 11.1. The van der Waals surface area contributed by atoms with Crippen molar-refractivity contribution in [1.82, 2.24) is 5.32 Å². The van der Waals surface area contributed by atoms with Gasteiger partial charge < -0.3 is 15.2 Å². The highest BCUT2D eigenvalue weighted by molar-refractivity contribution is 5.90. The lowest BCUT2D eigenvalue weighted by Gasteiger charge is -2.16. The van der Waals surface area contributed by atoms with Crippen LogP contribution in [0.1, 0.15) is 36.0 Å². The molecule has 4 nitrogen and oxygen atoms in total. The number of aromatic carboxylic acids is 1. The minimum atomic E-state index is -0.943. The first-order chi connectivity index (χ1) is 10.3. The molecule has 2 aliphatic rings. The van der Waals surface area contributed by atoms with Crippen LogP contribution < -0.4 is 10.1 Å². The molecule has 2 fully saturated rings. The number of benzene rings is 1. The molecule has 0 unspecified atom stereocenters. The number of hydrogen-bond acceptors (Lipinski definition) is 3. The second-order valence-electron chi connectivity index (χ2n) is 6.19. The third-order valence-electron chi connectivity index (χ3n) is 4.49.